The highest BCUT2D eigenvalue weighted by Gasteiger charge is 2.08. The molecule has 0 aliphatic rings. The maximum atomic E-state index is 12.1. The third-order valence-corrected chi connectivity index (χ3v) is 4.85. The Morgan fingerprint density at radius 2 is 1.91 bits per heavy atom. The summed E-state index contributed by atoms with van der Waals surface area (Å²) in [5.41, 5.74) is 3.03. The molecule has 22 heavy (non-hydrogen) atoms. The Morgan fingerprint density at radius 3 is 2.55 bits per heavy atom. The van der Waals surface area contributed by atoms with Gasteiger partial charge in [-0.25, -0.2) is 0 Å². The van der Waals surface area contributed by atoms with Gasteiger partial charge in [-0.15, -0.1) is 11.8 Å². The van der Waals surface area contributed by atoms with Crippen LogP contribution in [0.25, 0.3) is 0 Å². The summed E-state index contributed by atoms with van der Waals surface area (Å²) >= 11 is 1.88. The van der Waals surface area contributed by atoms with Crippen molar-refractivity contribution in [3.63, 3.8) is 0 Å². The van der Waals surface area contributed by atoms with Gasteiger partial charge in [0, 0.05) is 15.8 Å². The Balaban J connectivity index is 1.99. The lowest BCUT2D eigenvalue weighted by Crippen LogP contribution is -2.15. The monoisotopic (exact) mass is 313 g/mol. The van der Waals surface area contributed by atoms with Crippen LogP contribution in [-0.4, -0.2) is 11.2 Å². The first-order valence-corrected chi connectivity index (χ1v) is 8.57. The van der Waals surface area contributed by atoms with Gasteiger partial charge < -0.3 is 5.32 Å². The fourth-order valence-electron chi connectivity index (χ4n) is 2.14. The minimum Gasteiger partial charge on any atom is -0.326 e. The van der Waals surface area contributed by atoms with E-state index < -0.39 is 0 Å². The fraction of sp³-hybridized carbons (Fsp3) is 0.316. The minimum atomic E-state index is 0.0247. The Hall–Kier alpha value is -1.74. The molecule has 0 heterocycles. The van der Waals surface area contributed by atoms with E-state index in [1.807, 2.05) is 55.1 Å². The van der Waals surface area contributed by atoms with Crippen LogP contribution in [0.2, 0.25) is 0 Å². The number of rotatable bonds is 6. The van der Waals surface area contributed by atoms with E-state index in [-0.39, 0.29) is 5.91 Å². The zero-order valence-corrected chi connectivity index (χ0v) is 14.2. The van der Waals surface area contributed by atoms with Crippen LogP contribution < -0.4 is 5.32 Å². The molecule has 3 heteroatoms. The zero-order chi connectivity index (χ0) is 15.9. The van der Waals surface area contributed by atoms with E-state index in [4.69, 9.17) is 0 Å². The van der Waals surface area contributed by atoms with Crippen LogP contribution in [-0.2, 0) is 11.2 Å². The van der Waals surface area contributed by atoms with Crippen LogP contribution in [0, 0.1) is 6.92 Å². The summed E-state index contributed by atoms with van der Waals surface area (Å²) in [6.45, 7) is 6.47. The van der Waals surface area contributed by atoms with Crippen molar-refractivity contribution >= 4 is 23.4 Å². The Morgan fingerprint density at radius 1 is 1.18 bits per heavy atom. The van der Waals surface area contributed by atoms with Gasteiger partial charge in [0.05, 0.1) is 6.42 Å². The number of aryl methyl sites for hydroxylation is 1. The number of carbonyl (C=O) groups excluding carboxylic acids is 1. The van der Waals surface area contributed by atoms with E-state index in [2.05, 4.69) is 31.3 Å². The Kier molecular flexibility index (Phi) is 6.08. The molecule has 2 aromatic rings. The molecule has 0 spiro atoms. The highest BCUT2D eigenvalue weighted by molar-refractivity contribution is 7.99. The van der Waals surface area contributed by atoms with Gasteiger partial charge in [0.15, 0.2) is 0 Å². The smallest absolute Gasteiger partial charge is 0.228 e. The molecule has 0 aliphatic carbocycles. The lowest BCUT2D eigenvalue weighted by molar-refractivity contribution is -0.115. The molecule has 0 aliphatic heterocycles. The average molecular weight is 313 g/mol. The second kappa shape index (κ2) is 8.04. The lowest BCUT2D eigenvalue weighted by Gasteiger charge is -2.12. The number of hydrogen-bond donors (Lipinski definition) is 1. The molecule has 1 N–H and O–H groups in total. The second-order valence-corrected chi connectivity index (χ2v) is 7.04. The van der Waals surface area contributed by atoms with Gasteiger partial charge in [-0.2, -0.15) is 0 Å². The highest BCUT2D eigenvalue weighted by Crippen LogP contribution is 2.28. The first-order valence-electron chi connectivity index (χ1n) is 7.69. The molecule has 0 saturated heterocycles. The summed E-state index contributed by atoms with van der Waals surface area (Å²) in [5, 5.41) is 3.61. The first kappa shape index (κ1) is 16.6. The summed E-state index contributed by atoms with van der Waals surface area (Å²) in [6.07, 6.45) is 1.56. The molecular formula is C19H23NOS. The van der Waals surface area contributed by atoms with Crippen LogP contribution in [0.3, 0.4) is 0 Å². The molecule has 116 valence electrons. The largest absolute Gasteiger partial charge is 0.326 e. The van der Waals surface area contributed by atoms with Crippen molar-refractivity contribution in [3.8, 4) is 0 Å². The topological polar surface area (TPSA) is 29.1 Å². The lowest BCUT2D eigenvalue weighted by atomic mass is 10.1. The van der Waals surface area contributed by atoms with Crippen molar-refractivity contribution in [1.29, 1.82) is 0 Å². The molecule has 1 unspecified atom stereocenters. The number of thioether (sulfide) groups is 1. The molecular weight excluding hydrogens is 290 g/mol. The number of amides is 1. The third-order valence-electron chi connectivity index (χ3n) is 3.59. The normalized spacial score (nSPS) is 12.0. The quantitative estimate of drug-likeness (QED) is 0.755. The number of anilines is 1. The SMILES string of the molecule is CCC(C)Sc1ccc(NC(=O)Cc2ccccc2)c(C)c1. The van der Waals surface area contributed by atoms with E-state index in [1.54, 1.807) is 0 Å². The molecule has 2 nitrogen and oxygen atoms in total. The summed E-state index contributed by atoms with van der Waals surface area (Å²) in [7, 11) is 0. The molecule has 2 aromatic carbocycles. The molecule has 1 atom stereocenters. The van der Waals surface area contributed by atoms with Crippen molar-refractivity contribution in [1.82, 2.24) is 0 Å². The van der Waals surface area contributed by atoms with Gasteiger partial charge in [0.25, 0.3) is 0 Å². The summed E-state index contributed by atoms with van der Waals surface area (Å²) in [4.78, 5) is 13.4. The van der Waals surface area contributed by atoms with Crippen molar-refractivity contribution in [2.24, 2.45) is 0 Å². The number of benzene rings is 2. The Labute approximate surface area is 137 Å². The van der Waals surface area contributed by atoms with Crippen molar-refractivity contribution < 1.29 is 4.79 Å². The van der Waals surface area contributed by atoms with E-state index in [0.29, 0.717) is 11.7 Å². The van der Waals surface area contributed by atoms with Crippen molar-refractivity contribution in [2.75, 3.05) is 5.32 Å². The van der Waals surface area contributed by atoms with Crippen LogP contribution >= 0.6 is 11.8 Å². The molecule has 0 bridgehead atoms. The standard InChI is InChI=1S/C19H23NOS/c1-4-15(3)22-17-10-11-18(14(2)12-17)20-19(21)13-16-8-6-5-7-9-16/h5-12,15H,4,13H2,1-3H3,(H,20,21). The molecule has 0 radical (unpaired) electrons. The maximum Gasteiger partial charge on any atom is 0.228 e. The number of nitrogens with one attached hydrogen (secondary N) is 1. The van der Waals surface area contributed by atoms with Crippen LogP contribution in [0.5, 0.6) is 0 Å². The second-order valence-electron chi connectivity index (χ2n) is 5.52. The van der Waals surface area contributed by atoms with Crippen LogP contribution in [0.4, 0.5) is 5.69 Å². The van der Waals surface area contributed by atoms with Crippen molar-refractivity contribution in [3.05, 3.63) is 59.7 Å². The van der Waals surface area contributed by atoms with Gasteiger partial charge in [0.2, 0.25) is 5.91 Å². The fourth-order valence-corrected chi connectivity index (χ4v) is 3.16. The molecule has 0 saturated carbocycles. The van der Waals surface area contributed by atoms with Gasteiger partial charge in [-0.1, -0.05) is 44.2 Å². The molecule has 0 aromatic heterocycles. The van der Waals surface area contributed by atoms with E-state index in [0.717, 1.165) is 23.2 Å². The first-order chi connectivity index (χ1) is 10.6. The molecule has 0 fully saturated rings. The predicted octanol–water partition coefficient (Wildman–Crippen LogP) is 5.07. The average Bonchev–Trinajstić information content (AvgIpc) is 2.51. The number of hydrogen-bond acceptors (Lipinski definition) is 2. The summed E-state index contributed by atoms with van der Waals surface area (Å²) in [5.74, 6) is 0.0247. The van der Waals surface area contributed by atoms with E-state index >= 15 is 0 Å². The molecule has 1 amide bonds. The van der Waals surface area contributed by atoms with Crippen LogP contribution in [0.15, 0.2) is 53.4 Å². The third kappa shape index (κ3) is 4.92. The summed E-state index contributed by atoms with van der Waals surface area (Å²) < 4.78 is 0. The van der Waals surface area contributed by atoms with Gasteiger partial charge in [-0.05, 0) is 42.7 Å². The van der Waals surface area contributed by atoms with E-state index in [9.17, 15) is 4.79 Å². The van der Waals surface area contributed by atoms with E-state index in [1.165, 1.54) is 4.90 Å². The number of carbonyl (C=O) groups is 1. The van der Waals surface area contributed by atoms with Crippen LogP contribution in [0.1, 0.15) is 31.4 Å². The van der Waals surface area contributed by atoms with Gasteiger partial charge in [-0.3, -0.25) is 4.79 Å². The maximum absolute atomic E-state index is 12.1. The van der Waals surface area contributed by atoms with Gasteiger partial charge >= 0.3 is 0 Å². The van der Waals surface area contributed by atoms with Gasteiger partial charge in [0.1, 0.15) is 0 Å². The Bertz CT molecular complexity index is 625. The minimum absolute atomic E-state index is 0.0247. The van der Waals surface area contributed by atoms with Crippen molar-refractivity contribution in [2.45, 2.75) is 43.8 Å². The molecule has 2 rings (SSSR count). The zero-order valence-electron chi connectivity index (χ0n) is 13.4. The highest BCUT2D eigenvalue weighted by atomic mass is 32.2. The summed E-state index contributed by atoms with van der Waals surface area (Å²) in [6, 6.07) is 16.0. The predicted molar refractivity (Wildman–Crippen MR) is 95.6 cm³/mol.